The minimum atomic E-state index is -3.08. The molecule has 0 unspecified atom stereocenters. The summed E-state index contributed by atoms with van der Waals surface area (Å²) in [6, 6.07) is 1.04. The molecule has 2 saturated heterocycles. The third kappa shape index (κ3) is 10.9. The summed E-state index contributed by atoms with van der Waals surface area (Å²) in [4.78, 5) is 4.69. The fraction of sp³-hybridized carbons (Fsp3) is 1.00. The Morgan fingerprint density at radius 2 is 1.15 bits per heavy atom. The highest BCUT2D eigenvalue weighted by Gasteiger charge is 2.32. The second-order valence-electron chi connectivity index (χ2n) is 11.9. The highest BCUT2D eigenvalue weighted by atomic mass is 32.2. The van der Waals surface area contributed by atoms with Crippen LogP contribution in [0.2, 0.25) is 0 Å². The van der Waals surface area contributed by atoms with Crippen LogP contribution in [0.1, 0.15) is 75.2 Å². The van der Waals surface area contributed by atoms with E-state index in [2.05, 4.69) is 37.5 Å². The molecule has 0 saturated carbocycles. The zero-order valence-corrected chi connectivity index (χ0v) is 24.3. The van der Waals surface area contributed by atoms with E-state index in [1.54, 1.807) is 4.31 Å². The van der Waals surface area contributed by atoms with E-state index in [4.69, 9.17) is 0 Å². The molecule has 2 aliphatic rings. The Kier molecular flexibility index (Phi) is 11.8. The molecule has 2 aliphatic heterocycles. The van der Waals surface area contributed by atoms with E-state index in [1.807, 2.05) is 34.6 Å². The number of piperazine rings is 1. The minimum absolute atomic E-state index is 0.0927. The van der Waals surface area contributed by atoms with E-state index >= 15 is 0 Å². The third-order valence-corrected chi connectivity index (χ3v) is 11.3. The average molecular weight is 510 g/mol. The molecule has 0 bridgehead atoms. The van der Waals surface area contributed by atoms with Crippen LogP contribution in [0, 0.1) is 11.3 Å². The van der Waals surface area contributed by atoms with Crippen molar-refractivity contribution < 1.29 is 16.8 Å². The van der Waals surface area contributed by atoms with Gasteiger partial charge < -0.3 is 4.90 Å². The van der Waals surface area contributed by atoms with Gasteiger partial charge in [0.25, 0.3) is 0 Å². The lowest BCUT2D eigenvalue weighted by atomic mass is 10.0. The fourth-order valence-corrected chi connectivity index (χ4v) is 8.62. The van der Waals surface area contributed by atoms with Crippen molar-refractivity contribution in [2.45, 2.75) is 92.5 Å². The second kappa shape index (κ2) is 12.7. The SMILES string of the molecule is CC(C)CS(=O)(=O)C1CCN(C(C)C)CC1.CC(C)N1CCN(S(=O)(=O)CC(C)(C)C)CC1. The molecule has 0 amide bonds. The third-order valence-electron chi connectivity index (χ3n) is 6.29. The highest BCUT2D eigenvalue weighted by molar-refractivity contribution is 7.92. The smallest absolute Gasteiger partial charge is 0.214 e. The van der Waals surface area contributed by atoms with Crippen LogP contribution in [0.15, 0.2) is 0 Å². The molecule has 0 spiro atoms. The van der Waals surface area contributed by atoms with Crippen molar-refractivity contribution in [1.82, 2.24) is 14.1 Å². The van der Waals surface area contributed by atoms with Gasteiger partial charge in [-0.15, -0.1) is 0 Å². The van der Waals surface area contributed by atoms with Gasteiger partial charge in [-0.3, -0.25) is 4.90 Å². The van der Waals surface area contributed by atoms with E-state index in [-0.39, 0.29) is 22.3 Å². The number of likely N-dealkylation sites (tertiary alicyclic amines) is 1. The fourth-order valence-electron chi connectivity index (χ4n) is 4.49. The number of rotatable bonds is 7. The van der Waals surface area contributed by atoms with E-state index in [1.165, 1.54) is 0 Å². The van der Waals surface area contributed by atoms with Crippen molar-refractivity contribution in [3.05, 3.63) is 0 Å². The van der Waals surface area contributed by atoms with Gasteiger partial charge in [0, 0.05) is 38.3 Å². The standard InChI is InChI=1S/C12H26N2O2S.C12H25NO2S/c1-11(2)13-6-8-14(9-7-13)17(15,16)10-12(3,4)5;1-10(2)9-16(14,15)12-5-7-13(8-6-12)11(3)4/h11H,6-10H2,1-5H3;10-12H,5-9H2,1-4H3. The monoisotopic (exact) mass is 509 g/mol. The first-order valence-corrected chi connectivity index (χ1v) is 15.9. The summed E-state index contributed by atoms with van der Waals surface area (Å²) in [6.45, 7) is 23.3. The van der Waals surface area contributed by atoms with Crippen LogP contribution in [0.5, 0.6) is 0 Å². The summed E-state index contributed by atoms with van der Waals surface area (Å²) >= 11 is 0. The molecule has 9 heteroatoms. The van der Waals surface area contributed by atoms with Gasteiger partial charge in [-0.25, -0.2) is 16.8 Å². The van der Waals surface area contributed by atoms with Crippen molar-refractivity contribution in [2.24, 2.45) is 11.3 Å². The highest BCUT2D eigenvalue weighted by Crippen LogP contribution is 2.22. The molecule has 0 N–H and O–H groups in total. The molecule has 0 atom stereocenters. The van der Waals surface area contributed by atoms with Crippen LogP contribution in [0.3, 0.4) is 0 Å². The van der Waals surface area contributed by atoms with E-state index < -0.39 is 19.9 Å². The number of nitrogens with zero attached hydrogens (tertiary/aromatic N) is 3. The zero-order chi connectivity index (χ0) is 25.6. The molecule has 33 heavy (non-hydrogen) atoms. The first-order chi connectivity index (χ1) is 14.9. The van der Waals surface area contributed by atoms with Gasteiger partial charge in [-0.1, -0.05) is 34.6 Å². The first kappa shape index (κ1) is 30.8. The van der Waals surface area contributed by atoms with Crippen molar-refractivity contribution in [2.75, 3.05) is 50.8 Å². The molecule has 0 aromatic carbocycles. The lowest BCUT2D eigenvalue weighted by Crippen LogP contribution is -2.51. The van der Waals surface area contributed by atoms with Crippen molar-refractivity contribution in [3.8, 4) is 0 Å². The van der Waals surface area contributed by atoms with E-state index in [0.29, 0.717) is 30.9 Å². The summed E-state index contributed by atoms with van der Waals surface area (Å²) in [6.07, 6.45) is 1.63. The predicted octanol–water partition coefficient (Wildman–Crippen LogP) is 3.32. The van der Waals surface area contributed by atoms with Gasteiger partial charge in [-0.05, 0) is 65.0 Å². The van der Waals surface area contributed by atoms with Gasteiger partial charge in [0.1, 0.15) is 0 Å². The lowest BCUT2D eigenvalue weighted by Gasteiger charge is -2.37. The Balaban J connectivity index is 0.000000331. The van der Waals surface area contributed by atoms with Crippen LogP contribution >= 0.6 is 0 Å². The number of sulfonamides is 1. The normalized spacial score (nSPS) is 21.0. The first-order valence-electron chi connectivity index (χ1n) is 12.6. The van der Waals surface area contributed by atoms with Crippen LogP contribution in [-0.2, 0) is 19.9 Å². The maximum absolute atomic E-state index is 12.2. The van der Waals surface area contributed by atoms with Crippen LogP contribution in [0.25, 0.3) is 0 Å². The summed E-state index contributed by atoms with van der Waals surface area (Å²) in [5, 5.41) is -0.0927. The molecule has 0 radical (unpaired) electrons. The summed E-state index contributed by atoms with van der Waals surface area (Å²) < 4.78 is 50.1. The zero-order valence-electron chi connectivity index (χ0n) is 22.7. The van der Waals surface area contributed by atoms with E-state index in [0.717, 1.165) is 39.0 Å². The van der Waals surface area contributed by atoms with Gasteiger partial charge in [-0.2, -0.15) is 4.31 Å². The molecular formula is C24H51N3O4S2. The summed E-state index contributed by atoms with van der Waals surface area (Å²) in [5.74, 6) is 0.828. The average Bonchev–Trinajstić information content (AvgIpc) is 2.66. The van der Waals surface area contributed by atoms with Gasteiger partial charge in [0.05, 0.1) is 16.8 Å². The quantitative estimate of drug-likeness (QED) is 0.524. The number of sulfone groups is 1. The molecule has 2 heterocycles. The summed E-state index contributed by atoms with van der Waals surface area (Å²) in [7, 11) is -5.94. The molecule has 0 aromatic rings. The van der Waals surface area contributed by atoms with Gasteiger partial charge in [0.2, 0.25) is 10.0 Å². The van der Waals surface area contributed by atoms with Crippen molar-refractivity contribution in [3.63, 3.8) is 0 Å². The van der Waals surface area contributed by atoms with Crippen LogP contribution < -0.4 is 0 Å². The topological polar surface area (TPSA) is 78.0 Å². The largest absolute Gasteiger partial charge is 0.301 e. The molecule has 0 aliphatic carbocycles. The van der Waals surface area contributed by atoms with Crippen LogP contribution in [0.4, 0.5) is 0 Å². The summed E-state index contributed by atoms with van der Waals surface area (Å²) in [5.41, 5.74) is -0.173. The Hall–Kier alpha value is -0.220. The minimum Gasteiger partial charge on any atom is -0.301 e. The molecule has 2 fully saturated rings. The molecule has 7 nitrogen and oxygen atoms in total. The lowest BCUT2D eigenvalue weighted by molar-refractivity contribution is 0.153. The number of piperidine rings is 1. The Labute approximate surface area is 205 Å². The second-order valence-corrected chi connectivity index (χ2v) is 16.2. The molecular weight excluding hydrogens is 458 g/mol. The van der Waals surface area contributed by atoms with Crippen molar-refractivity contribution in [1.29, 1.82) is 0 Å². The predicted molar refractivity (Wildman–Crippen MR) is 140 cm³/mol. The number of hydrogen-bond donors (Lipinski definition) is 0. The Bertz CT molecular complexity index is 771. The van der Waals surface area contributed by atoms with Crippen molar-refractivity contribution >= 4 is 19.9 Å². The molecule has 2 rings (SSSR count). The Morgan fingerprint density at radius 3 is 1.52 bits per heavy atom. The number of hydrogen-bond acceptors (Lipinski definition) is 6. The van der Waals surface area contributed by atoms with Crippen LogP contribution in [-0.4, -0.2) is 99.0 Å². The maximum Gasteiger partial charge on any atom is 0.214 e. The van der Waals surface area contributed by atoms with Gasteiger partial charge >= 0.3 is 0 Å². The van der Waals surface area contributed by atoms with E-state index in [9.17, 15) is 16.8 Å². The van der Waals surface area contributed by atoms with Gasteiger partial charge in [0.15, 0.2) is 9.84 Å². The maximum atomic E-state index is 12.2. The Morgan fingerprint density at radius 1 is 0.727 bits per heavy atom. The molecule has 0 aromatic heterocycles. The molecule has 198 valence electrons.